The van der Waals surface area contributed by atoms with Crippen molar-refractivity contribution in [1.29, 1.82) is 0 Å². The van der Waals surface area contributed by atoms with Crippen molar-refractivity contribution >= 4 is 28.3 Å². The molecule has 0 atom stereocenters. The van der Waals surface area contributed by atoms with Crippen molar-refractivity contribution in [1.82, 2.24) is 4.98 Å². The van der Waals surface area contributed by atoms with E-state index in [0.717, 1.165) is 0 Å². The number of aromatic nitrogens is 1. The van der Waals surface area contributed by atoms with E-state index in [1.807, 2.05) is 22.6 Å². The van der Waals surface area contributed by atoms with Crippen LogP contribution in [0.5, 0.6) is 0 Å². The van der Waals surface area contributed by atoms with E-state index in [2.05, 4.69) is 4.98 Å². The summed E-state index contributed by atoms with van der Waals surface area (Å²) in [7, 11) is 0. The van der Waals surface area contributed by atoms with Gasteiger partial charge in [0.1, 0.15) is 3.70 Å². The molecule has 0 aliphatic carbocycles. The van der Waals surface area contributed by atoms with Crippen molar-refractivity contribution < 1.29 is 4.92 Å². The Bertz CT molecular complexity index is 330. The Labute approximate surface area is 88.6 Å². The summed E-state index contributed by atoms with van der Waals surface area (Å²) in [6, 6.07) is 2.88. The second kappa shape index (κ2) is 4.47. The summed E-state index contributed by atoms with van der Waals surface area (Å²) >= 11 is 1.95. The molecule has 0 bridgehead atoms. The Hall–Kier alpha value is -0.760. The predicted molar refractivity (Wildman–Crippen MR) is 56.4 cm³/mol. The molecule has 0 aliphatic heterocycles. The fourth-order valence-electron chi connectivity index (χ4n) is 0.918. The molecule has 6 heteroatoms. The minimum atomic E-state index is -0.427. The van der Waals surface area contributed by atoms with Gasteiger partial charge in [-0.2, -0.15) is 0 Å². The zero-order chi connectivity index (χ0) is 9.84. The first-order valence-electron chi connectivity index (χ1n) is 3.64. The lowest BCUT2D eigenvalue weighted by Gasteiger charge is -1.98. The Kier molecular flexibility index (Phi) is 3.55. The predicted octanol–water partition coefficient (Wildman–Crippen LogP) is 1.10. The molecule has 2 N–H and O–H groups in total. The standard InChI is InChI=1S/C7H8IN3O2/c8-7-4-6(11(12)13)3-5(10-7)1-2-9/h3-4H,1-2,9H2. The van der Waals surface area contributed by atoms with Crippen LogP contribution in [0.3, 0.4) is 0 Å². The molecule has 1 heterocycles. The molecule has 1 rings (SSSR count). The molecule has 0 fully saturated rings. The minimum Gasteiger partial charge on any atom is -0.330 e. The number of halogens is 1. The van der Waals surface area contributed by atoms with Gasteiger partial charge in [0.25, 0.3) is 5.69 Å². The molecule has 0 unspecified atom stereocenters. The highest BCUT2D eigenvalue weighted by atomic mass is 127. The maximum absolute atomic E-state index is 10.5. The number of nitrogens with zero attached hydrogens (tertiary/aromatic N) is 2. The van der Waals surface area contributed by atoms with Crippen LogP contribution in [0.2, 0.25) is 0 Å². The van der Waals surface area contributed by atoms with Gasteiger partial charge in [0.05, 0.1) is 4.92 Å². The van der Waals surface area contributed by atoms with E-state index in [9.17, 15) is 10.1 Å². The van der Waals surface area contributed by atoms with E-state index in [0.29, 0.717) is 22.4 Å². The number of hydrogen-bond acceptors (Lipinski definition) is 4. The summed E-state index contributed by atoms with van der Waals surface area (Å²) in [4.78, 5) is 14.1. The Morgan fingerprint density at radius 1 is 1.62 bits per heavy atom. The number of nitro groups is 1. The summed E-state index contributed by atoms with van der Waals surface area (Å²) in [6.07, 6.45) is 0.567. The summed E-state index contributed by atoms with van der Waals surface area (Å²) in [5.41, 5.74) is 6.06. The third-order valence-electron chi connectivity index (χ3n) is 1.44. The van der Waals surface area contributed by atoms with Crippen molar-refractivity contribution in [2.24, 2.45) is 5.73 Å². The monoisotopic (exact) mass is 293 g/mol. The second-order valence-electron chi connectivity index (χ2n) is 2.44. The Balaban J connectivity index is 3.03. The highest BCUT2D eigenvalue weighted by molar-refractivity contribution is 14.1. The maximum atomic E-state index is 10.5. The van der Waals surface area contributed by atoms with Crippen molar-refractivity contribution in [2.45, 2.75) is 6.42 Å². The van der Waals surface area contributed by atoms with Crippen LogP contribution in [0.4, 0.5) is 5.69 Å². The van der Waals surface area contributed by atoms with Gasteiger partial charge in [0, 0.05) is 24.2 Å². The first-order chi connectivity index (χ1) is 6.13. The molecular formula is C7H8IN3O2. The normalized spacial score (nSPS) is 10.0. The summed E-state index contributed by atoms with van der Waals surface area (Å²) in [5, 5.41) is 10.5. The zero-order valence-corrected chi connectivity index (χ0v) is 8.89. The van der Waals surface area contributed by atoms with Gasteiger partial charge in [0.15, 0.2) is 0 Å². The van der Waals surface area contributed by atoms with Gasteiger partial charge in [0.2, 0.25) is 0 Å². The van der Waals surface area contributed by atoms with Crippen molar-refractivity contribution in [3.05, 3.63) is 31.6 Å². The average molecular weight is 293 g/mol. The molecular weight excluding hydrogens is 285 g/mol. The maximum Gasteiger partial charge on any atom is 0.273 e. The van der Waals surface area contributed by atoms with Gasteiger partial charge < -0.3 is 5.73 Å². The van der Waals surface area contributed by atoms with E-state index in [4.69, 9.17) is 5.73 Å². The summed E-state index contributed by atoms with van der Waals surface area (Å²) in [5.74, 6) is 0. The fourth-order valence-corrected chi connectivity index (χ4v) is 1.55. The molecule has 0 aliphatic rings. The van der Waals surface area contributed by atoms with Crippen LogP contribution in [0.1, 0.15) is 5.69 Å². The van der Waals surface area contributed by atoms with E-state index >= 15 is 0 Å². The molecule has 1 aromatic heterocycles. The lowest BCUT2D eigenvalue weighted by atomic mass is 10.2. The fraction of sp³-hybridized carbons (Fsp3) is 0.286. The van der Waals surface area contributed by atoms with Crippen LogP contribution in [0.15, 0.2) is 12.1 Å². The van der Waals surface area contributed by atoms with Gasteiger partial charge in [-0.3, -0.25) is 10.1 Å². The van der Waals surface area contributed by atoms with Crippen LogP contribution >= 0.6 is 22.6 Å². The molecule has 70 valence electrons. The first kappa shape index (κ1) is 10.3. The van der Waals surface area contributed by atoms with Crippen LogP contribution in [0.25, 0.3) is 0 Å². The topological polar surface area (TPSA) is 82.0 Å². The van der Waals surface area contributed by atoms with Gasteiger partial charge in [-0.15, -0.1) is 0 Å². The van der Waals surface area contributed by atoms with E-state index in [1.165, 1.54) is 12.1 Å². The van der Waals surface area contributed by atoms with Crippen LogP contribution in [-0.4, -0.2) is 16.5 Å². The quantitative estimate of drug-likeness (QED) is 0.391. The van der Waals surface area contributed by atoms with Crippen LogP contribution < -0.4 is 5.73 Å². The van der Waals surface area contributed by atoms with Crippen LogP contribution in [-0.2, 0) is 6.42 Å². The molecule has 0 saturated heterocycles. The summed E-state index contributed by atoms with van der Waals surface area (Å²) < 4.78 is 0.621. The van der Waals surface area contributed by atoms with Crippen LogP contribution in [0, 0.1) is 13.8 Å². The highest BCUT2D eigenvalue weighted by Gasteiger charge is 2.08. The van der Waals surface area contributed by atoms with E-state index < -0.39 is 4.92 Å². The zero-order valence-electron chi connectivity index (χ0n) is 6.74. The minimum absolute atomic E-state index is 0.0721. The molecule has 0 saturated carbocycles. The third-order valence-corrected chi connectivity index (χ3v) is 2.00. The van der Waals surface area contributed by atoms with Crippen molar-refractivity contribution in [3.8, 4) is 0 Å². The molecule has 0 amide bonds. The molecule has 0 radical (unpaired) electrons. The third kappa shape index (κ3) is 2.88. The number of nitrogens with two attached hydrogens (primary N) is 1. The first-order valence-corrected chi connectivity index (χ1v) is 4.72. The average Bonchev–Trinajstić information content (AvgIpc) is 2.03. The van der Waals surface area contributed by atoms with Gasteiger partial charge in [-0.1, -0.05) is 0 Å². The number of hydrogen-bond donors (Lipinski definition) is 1. The molecule has 5 nitrogen and oxygen atoms in total. The lowest BCUT2D eigenvalue weighted by molar-refractivity contribution is -0.385. The largest absolute Gasteiger partial charge is 0.330 e. The smallest absolute Gasteiger partial charge is 0.273 e. The Morgan fingerprint density at radius 2 is 2.31 bits per heavy atom. The Morgan fingerprint density at radius 3 is 2.85 bits per heavy atom. The molecule has 13 heavy (non-hydrogen) atoms. The van der Waals surface area contributed by atoms with E-state index in [-0.39, 0.29) is 5.69 Å². The van der Waals surface area contributed by atoms with E-state index in [1.54, 1.807) is 0 Å². The SMILES string of the molecule is NCCc1cc([N+](=O)[O-])cc(I)n1. The molecule has 1 aromatic rings. The van der Waals surface area contributed by atoms with Crippen molar-refractivity contribution in [2.75, 3.05) is 6.54 Å². The number of pyridine rings is 1. The molecule has 0 spiro atoms. The van der Waals surface area contributed by atoms with Gasteiger partial charge in [-0.25, -0.2) is 4.98 Å². The molecule has 0 aromatic carbocycles. The second-order valence-corrected chi connectivity index (χ2v) is 3.54. The van der Waals surface area contributed by atoms with Crippen molar-refractivity contribution in [3.63, 3.8) is 0 Å². The van der Waals surface area contributed by atoms with Gasteiger partial charge >= 0.3 is 0 Å². The highest BCUT2D eigenvalue weighted by Crippen LogP contribution is 2.15. The summed E-state index contributed by atoms with van der Waals surface area (Å²) in [6.45, 7) is 0.449. The van der Waals surface area contributed by atoms with Gasteiger partial charge in [-0.05, 0) is 29.1 Å². The lowest BCUT2D eigenvalue weighted by Crippen LogP contribution is -2.05. The number of rotatable bonds is 3.